The zero-order valence-electron chi connectivity index (χ0n) is 17.3. The monoisotopic (exact) mass is 376 g/mol. The SMILES string of the molecule is COc1cc(C(C)=O)cc(OC)c1OC.COc1cc(C)cc(OC)c1C. The number of hydrogen-bond acceptors (Lipinski definition) is 6. The Labute approximate surface area is 161 Å². The first-order chi connectivity index (χ1) is 12.8. The highest BCUT2D eigenvalue weighted by molar-refractivity contribution is 5.95. The van der Waals surface area contributed by atoms with Gasteiger partial charge in [0.1, 0.15) is 11.5 Å². The third-order valence-electron chi connectivity index (χ3n) is 3.97. The van der Waals surface area contributed by atoms with E-state index in [4.69, 9.17) is 23.7 Å². The molecule has 0 radical (unpaired) electrons. The van der Waals surface area contributed by atoms with Crippen LogP contribution in [0.4, 0.5) is 0 Å². The van der Waals surface area contributed by atoms with Crippen LogP contribution in [0.5, 0.6) is 28.7 Å². The highest BCUT2D eigenvalue weighted by atomic mass is 16.5. The average Bonchev–Trinajstić information content (AvgIpc) is 2.68. The molecule has 2 aromatic carbocycles. The van der Waals surface area contributed by atoms with Crippen molar-refractivity contribution in [2.24, 2.45) is 0 Å². The maximum atomic E-state index is 11.2. The van der Waals surface area contributed by atoms with Gasteiger partial charge in [0.2, 0.25) is 5.75 Å². The van der Waals surface area contributed by atoms with Crippen LogP contribution in [-0.2, 0) is 0 Å². The molecule has 2 aromatic rings. The molecule has 0 N–H and O–H groups in total. The van der Waals surface area contributed by atoms with Crippen molar-refractivity contribution >= 4 is 5.78 Å². The summed E-state index contributed by atoms with van der Waals surface area (Å²) in [5, 5.41) is 0. The average molecular weight is 376 g/mol. The van der Waals surface area contributed by atoms with Crippen molar-refractivity contribution < 1.29 is 28.5 Å². The molecular weight excluding hydrogens is 348 g/mol. The number of Topliss-reactive ketones (excluding diaryl/α,β-unsaturated/α-hetero) is 1. The molecule has 0 aliphatic carbocycles. The quantitative estimate of drug-likeness (QED) is 0.703. The summed E-state index contributed by atoms with van der Waals surface area (Å²) in [5.41, 5.74) is 2.73. The van der Waals surface area contributed by atoms with E-state index in [1.54, 1.807) is 26.4 Å². The molecule has 0 aromatic heterocycles. The minimum Gasteiger partial charge on any atom is -0.496 e. The van der Waals surface area contributed by atoms with Crippen molar-refractivity contribution in [2.75, 3.05) is 35.5 Å². The van der Waals surface area contributed by atoms with Gasteiger partial charge in [0.05, 0.1) is 35.5 Å². The first kappa shape index (κ1) is 22.2. The zero-order valence-corrected chi connectivity index (χ0v) is 17.3. The highest BCUT2D eigenvalue weighted by Gasteiger charge is 2.14. The molecule has 0 aliphatic rings. The van der Waals surface area contributed by atoms with Gasteiger partial charge in [-0.05, 0) is 50.6 Å². The van der Waals surface area contributed by atoms with Crippen molar-refractivity contribution in [3.8, 4) is 28.7 Å². The Morgan fingerprint density at radius 1 is 0.667 bits per heavy atom. The number of benzene rings is 2. The second-order valence-electron chi connectivity index (χ2n) is 5.76. The number of carbonyl (C=O) groups is 1. The minimum absolute atomic E-state index is 0.0470. The molecule has 2 rings (SSSR count). The van der Waals surface area contributed by atoms with Gasteiger partial charge in [-0.2, -0.15) is 0 Å². The van der Waals surface area contributed by atoms with E-state index >= 15 is 0 Å². The van der Waals surface area contributed by atoms with E-state index in [0.717, 1.165) is 22.6 Å². The summed E-state index contributed by atoms with van der Waals surface area (Å²) in [7, 11) is 7.89. The van der Waals surface area contributed by atoms with E-state index in [1.165, 1.54) is 28.3 Å². The fraction of sp³-hybridized carbons (Fsp3) is 0.381. The topological polar surface area (TPSA) is 63.2 Å². The Kier molecular flexibility index (Phi) is 8.45. The van der Waals surface area contributed by atoms with Crippen LogP contribution in [0.25, 0.3) is 0 Å². The van der Waals surface area contributed by atoms with Crippen molar-refractivity contribution in [1.82, 2.24) is 0 Å². The summed E-state index contributed by atoms with van der Waals surface area (Å²) in [5.74, 6) is 3.18. The summed E-state index contributed by atoms with van der Waals surface area (Å²) in [6.07, 6.45) is 0. The summed E-state index contributed by atoms with van der Waals surface area (Å²) >= 11 is 0. The van der Waals surface area contributed by atoms with E-state index in [1.807, 2.05) is 26.0 Å². The number of aryl methyl sites for hydroxylation is 1. The molecule has 6 nitrogen and oxygen atoms in total. The molecule has 0 spiro atoms. The molecule has 0 fully saturated rings. The number of hydrogen-bond donors (Lipinski definition) is 0. The van der Waals surface area contributed by atoms with Gasteiger partial charge in [-0.15, -0.1) is 0 Å². The molecular formula is C21H28O6. The van der Waals surface area contributed by atoms with Crippen molar-refractivity contribution in [3.05, 3.63) is 41.0 Å². The molecule has 0 bridgehead atoms. The maximum Gasteiger partial charge on any atom is 0.203 e. The van der Waals surface area contributed by atoms with E-state index in [2.05, 4.69) is 0 Å². The molecule has 0 saturated carbocycles. The lowest BCUT2D eigenvalue weighted by atomic mass is 10.1. The molecule has 0 unspecified atom stereocenters. The fourth-order valence-corrected chi connectivity index (χ4v) is 2.50. The Morgan fingerprint density at radius 3 is 1.37 bits per heavy atom. The van der Waals surface area contributed by atoms with Gasteiger partial charge >= 0.3 is 0 Å². The van der Waals surface area contributed by atoms with Gasteiger partial charge in [-0.1, -0.05) is 0 Å². The fourth-order valence-electron chi connectivity index (χ4n) is 2.50. The van der Waals surface area contributed by atoms with E-state index in [-0.39, 0.29) is 5.78 Å². The number of ether oxygens (including phenoxy) is 5. The van der Waals surface area contributed by atoms with Crippen molar-refractivity contribution in [3.63, 3.8) is 0 Å². The molecule has 0 atom stereocenters. The standard InChI is InChI=1S/C11H14O4.C10H14O2/c1-7(12)8-5-9(13-2)11(15-4)10(6-8)14-3;1-7-5-9(11-3)8(2)10(6-7)12-4/h5-6H,1-4H3;5-6H,1-4H3. The number of carbonyl (C=O) groups excluding carboxylic acids is 1. The molecule has 0 amide bonds. The summed E-state index contributed by atoms with van der Waals surface area (Å²) in [6.45, 7) is 5.49. The van der Waals surface area contributed by atoms with Gasteiger partial charge in [0.15, 0.2) is 17.3 Å². The number of ketones is 1. The Bertz CT molecular complexity index is 732. The summed E-state index contributed by atoms with van der Waals surface area (Å²) in [4.78, 5) is 11.2. The van der Waals surface area contributed by atoms with Gasteiger partial charge in [0, 0.05) is 11.1 Å². The van der Waals surface area contributed by atoms with Crippen LogP contribution in [0.15, 0.2) is 24.3 Å². The lowest BCUT2D eigenvalue weighted by Gasteiger charge is -2.12. The first-order valence-electron chi connectivity index (χ1n) is 8.33. The molecule has 148 valence electrons. The minimum atomic E-state index is -0.0470. The van der Waals surface area contributed by atoms with E-state index in [0.29, 0.717) is 22.8 Å². The van der Waals surface area contributed by atoms with Crippen LogP contribution in [0.3, 0.4) is 0 Å². The Hall–Kier alpha value is -2.89. The first-order valence-corrected chi connectivity index (χ1v) is 8.33. The predicted octanol–water partition coefficient (Wildman–Crippen LogP) is 4.24. The lowest BCUT2D eigenvalue weighted by Crippen LogP contribution is -1.99. The molecule has 0 aliphatic heterocycles. The normalized spacial score (nSPS) is 9.63. The van der Waals surface area contributed by atoms with Crippen LogP contribution in [0.2, 0.25) is 0 Å². The molecule has 27 heavy (non-hydrogen) atoms. The van der Waals surface area contributed by atoms with Gasteiger partial charge < -0.3 is 23.7 Å². The number of rotatable bonds is 6. The Balaban J connectivity index is 0.000000277. The molecule has 6 heteroatoms. The van der Waals surface area contributed by atoms with Crippen LogP contribution in [-0.4, -0.2) is 41.3 Å². The van der Waals surface area contributed by atoms with Crippen LogP contribution < -0.4 is 23.7 Å². The predicted molar refractivity (Wildman–Crippen MR) is 105 cm³/mol. The lowest BCUT2D eigenvalue weighted by molar-refractivity contribution is 0.101. The van der Waals surface area contributed by atoms with Gasteiger partial charge in [-0.3, -0.25) is 4.79 Å². The molecule has 0 saturated heterocycles. The van der Waals surface area contributed by atoms with Gasteiger partial charge in [-0.25, -0.2) is 0 Å². The third kappa shape index (κ3) is 5.54. The second kappa shape index (κ2) is 10.3. The van der Waals surface area contributed by atoms with Crippen molar-refractivity contribution in [2.45, 2.75) is 20.8 Å². The molecule has 0 heterocycles. The van der Waals surface area contributed by atoms with Crippen LogP contribution in [0.1, 0.15) is 28.4 Å². The summed E-state index contributed by atoms with van der Waals surface area (Å²) in [6, 6.07) is 7.25. The van der Waals surface area contributed by atoms with Crippen molar-refractivity contribution in [1.29, 1.82) is 0 Å². The van der Waals surface area contributed by atoms with E-state index < -0.39 is 0 Å². The summed E-state index contributed by atoms with van der Waals surface area (Å²) < 4.78 is 25.7. The van der Waals surface area contributed by atoms with Gasteiger partial charge in [0.25, 0.3) is 0 Å². The Morgan fingerprint density at radius 2 is 1.07 bits per heavy atom. The van der Waals surface area contributed by atoms with Crippen LogP contribution in [0, 0.1) is 13.8 Å². The number of methoxy groups -OCH3 is 5. The smallest absolute Gasteiger partial charge is 0.203 e. The van der Waals surface area contributed by atoms with E-state index in [9.17, 15) is 4.79 Å². The largest absolute Gasteiger partial charge is 0.496 e. The maximum absolute atomic E-state index is 11.2. The highest BCUT2D eigenvalue weighted by Crippen LogP contribution is 2.38. The van der Waals surface area contributed by atoms with Crippen LogP contribution >= 0.6 is 0 Å². The zero-order chi connectivity index (χ0) is 20.6. The second-order valence-corrected chi connectivity index (χ2v) is 5.76. The third-order valence-corrected chi connectivity index (χ3v) is 3.97.